The van der Waals surface area contributed by atoms with Crippen LogP contribution >= 0.6 is 12.2 Å². The van der Waals surface area contributed by atoms with Crippen LogP contribution in [0.5, 0.6) is 0 Å². The maximum atomic E-state index is 11.5. The molecule has 84 valence electrons. The molecule has 0 atom stereocenters. The van der Waals surface area contributed by atoms with Crippen LogP contribution in [0.4, 0.5) is 0 Å². The summed E-state index contributed by atoms with van der Waals surface area (Å²) >= 11 is 4.88. The molecule has 1 rings (SSSR count). The molecule has 0 bridgehead atoms. The third kappa shape index (κ3) is 4.05. The Balaban J connectivity index is 2.36. The quantitative estimate of drug-likeness (QED) is 0.402. The molecule has 1 aromatic heterocycles. The molecule has 0 saturated carbocycles. The standard InChI is InChI=1S/C10H12N4OS/c1-2-6-12-10(16)14-13-9(15)8-5-3-4-7-11-8/h2-5,7H,1,6H2,(H,13,15)(H2,12,14,16). The molecule has 1 aromatic rings. The number of hydrazine groups is 1. The zero-order valence-electron chi connectivity index (χ0n) is 8.56. The van der Waals surface area contributed by atoms with Gasteiger partial charge in [0.2, 0.25) is 0 Å². The highest BCUT2D eigenvalue weighted by Crippen LogP contribution is 1.91. The van der Waals surface area contributed by atoms with Crippen LogP contribution in [-0.2, 0) is 0 Å². The van der Waals surface area contributed by atoms with Gasteiger partial charge in [-0.05, 0) is 24.4 Å². The van der Waals surface area contributed by atoms with Crippen molar-refractivity contribution in [2.24, 2.45) is 0 Å². The second kappa shape index (κ2) is 6.52. The van der Waals surface area contributed by atoms with Crippen molar-refractivity contribution in [2.45, 2.75) is 0 Å². The van der Waals surface area contributed by atoms with Crippen LogP contribution in [0.25, 0.3) is 0 Å². The summed E-state index contributed by atoms with van der Waals surface area (Å²) < 4.78 is 0. The van der Waals surface area contributed by atoms with Gasteiger partial charge in [0.25, 0.3) is 5.91 Å². The van der Waals surface area contributed by atoms with E-state index in [2.05, 4.69) is 27.7 Å². The lowest BCUT2D eigenvalue weighted by Crippen LogP contribution is -2.46. The predicted molar refractivity (Wildman–Crippen MR) is 65.6 cm³/mol. The Morgan fingerprint density at radius 2 is 2.31 bits per heavy atom. The van der Waals surface area contributed by atoms with E-state index in [1.165, 1.54) is 0 Å². The molecule has 5 nitrogen and oxygen atoms in total. The number of amides is 1. The van der Waals surface area contributed by atoms with E-state index in [1.54, 1.807) is 30.5 Å². The van der Waals surface area contributed by atoms with Gasteiger partial charge in [-0.3, -0.25) is 20.6 Å². The summed E-state index contributed by atoms with van der Waals surface area (Å²) in [5.74, 6) is -0.344. The van der Waals surface area contributed by atoms with Crippen molar-refractivity contribution in [3.05, 3.63) is 42.7 Å². The Bertz CT molecular complexity index is 380. The summed E-state index contributed by atoms with van der Waals surface area (Å²) in [5, 5.41) is 3.13. The number of rotatable bonds is 3. The third-order valence-corrected chi connectivity index (χ3v) is 1.84. The van der Waals surface area contributed by atoms with E-state index in [1.807, 2.05) is 0 Å². The highest BCUT2D eigenvalue weighted by atomic mass is 32.1. The minimum atomic E-state index is -0.344. The number of aromatic nitrogens is 1. The number of hydrogen-bond donors (Lipinski definition) is 3. The van der Waals surface area contributed by atoms with Crippen LogP contribution in [0.1, 0.15) is 10.5 Å². The van der Waals surface area contributed by atoms with Crippen molar-refractivity contribution in [2.75, 3.05) is 6.54 Å². The van der Waals surface area contributed by atoms with Gasteiger partial charge >= 0.3 is 0 Å². The molecule has 3 N–H and O–H groups in total. The average molecular weight is 236 g/mol. The van der Waals surface area contributed by atoms with Crippen molar-refractivity contribution in [3.8, 4) is 0 Å². The first-order valence-electron chi connectivity index (χ1n) is 4.60. The van der Waals surface area contributed by atoms with Crippen molar-refractivity contribution in [1.82, 2.24) is 21.2 Å². The lowest BCUT2D eigenvalue weighted by atomic mass is 10.3. The summed E-state index contributed by atoms with van der Waals surface area (Å²) in [6.45, 7) is 4.06. The molecule has 0 spiro atoms. The number of hydrogen-bond acceptors (Lipinski definition) is 3. The SMILES string of the molecule is C=CCNC(=S)NNC(=O)c1ccccn1. The van der Waals surface area contributed by atoms with E-state index in [4.69, 9.17) is 12.2 Å². The van der Waals surface area contributed by atoms with Crippen LogP contribution in [0, 0.1) is 0 Å². The maximum Gasteiger partial charge on any atom is 0.288 e. The fourth-order valence-electron chi connectivity index (χ4n) is 0.884. The summed E-state index contributed by atoms with van der Waals surface area (Å²) in [4.78, 5) is 15.4. The second-order valence-electron chi connectivity index (χ2n) is 2.79. The minimum absolute atomic E-state index is 0.321. The molecular formula is C10H12N4OS. The zero-order chi connectivity index (χ0) is 11.8. The Kier molecular flexibility index (Phi) is 4.94. The van der Waals surface area contributed by atoms with Crippen molar-refractivity contribution < 1.29 is 4.79 Å². The summed E-state index contributed by atoms with van der Waals surface area (Å²) in [6.07, 6.45) is 3.21. The number of carbonyl (C=O) groups is 1. The Morgan fingerprint density at radius 1 is 1.50 bits per heavy atom. The first-order chi connectivity index (χ1) is 7.74. The minimum Gasteiger partial charge on any atom is -0.358 e. The van der Waals surface area contributed by atoms with Crippen LogP contribution in [-0.4, -0.2) is 22.5 Å². The van der Waals surface area contributed by atoms with Gasteiger partial charge in [0.1, 0.15) is 5.69 Å². The summed E-state index contributed by atoms with van der Waals surface area (Å²) in [7, 11) is 0. The molecule has 1 heterocycles. The zero-order valence-corrected chi connectivity index (χ0v) is 9.38. The average Bonchev–Trinajstić information content (AvgIpc) is 2.34. The fourth-order valence-corrected chi connectivity index (χ4v) is 1.02. The maximum absolute atomic E-state index is 11.5. The van der Waals surface area contributed by atoms with Gasteiger partial charge in [0, 0.05) is 12.7 Å². The largest absolute Gasteiger partial charge is 0.358 e. The van der Waals surface area contributed by atoms with Crippen LogP contribution in [0.2, 0.25) is 0 Å². The molecule has 0 aliphatic heterocycles. The molecule has 0 aromatic carbocycles. The smallest absolute Gasteiger partial charge is 0.288 e. The highest BCUT2D eigenvalue weighted by Gasteiger charge is 2.05. The van der Waals surface area contributed by atoms with Gasteiger partial charge in [-0.2, -0.15) is 0 Å². The predicted octanol–water partition coefficient (Wildman–Crippen LogP) is 0.376. The van der Waals surface area contributed by atoms with Gasteiger partial charge in [-0.15, -0.1) is 6.58 Å². The second-order valence-corrected chi connectivity index (χ2v) is 3.20. The summed E-state index contributed by atoms with van der Waals surface area (Å²) in [5.41, 5.74) is 5.29. The third-order valence-electron chi connectivity index (χ3n) is 1.59. The van der Waals surface area contributed by atoms with E-state index in [0.29, 0.717) is 17.4 Å². The van der Waals surface area contributed by atoms with E-state index in [0.717, 1.165) is 0 Å². The molecule has 6 heteroatoms. The fraction of sp³-hybridized carbons (Fsp3) is 0.100. The lowest BCUT2D eigenvalue weighted by Gasteiger charge is -2.09. The van der Waals surface area contributed by atoms with Crippen LogP contribution in [0.15, 0.2) is 37.1 Å². The molecule has 0 aliphatic carbocycles. The van der Waals surface area contributed by atoms with Crippen molar-refractivity contribution in [1.29, 1.82) is 0 Å². The molecule has 0 unspecified atom stereocenters. The van der Waals surface area contributed by atoms with Gasteiger partial charge in [0.15, 0.2) is 5.11 Å². The summed E-state index contributed by atoms with van der Waals surface area (Å²) in [6, 6.07) is 5.08. The van der Waals surface area contributed by atoms with Crippen LogP contribution in [0.3, 0.4) is 0 Å². The monoisotopic (exact) mass is 236 g/mol. The van der Waals surface area contributed by atoms with Gasteiger partial charge < -0.3 is 5.32 Å². The Morgan fingerprint density at radius 3 is 2.94 bits per heavy atom. The normalized spacial score (nSPS) is 9.00. The molecule has 0 radical (unpaired) electrons. The van der Waals surface area contributed by atoms with E-state index >= 15 is 0 Å². The van der Waals surface area contributed by atoms with E-state index in [-0.39, 0.29) is 5.91 Å². The highest BCUT2D eigenvalue weighted by molar-refractivity contribution is 7.80. The van der Waals surface area contributed by atoms with Crippen molar-refractivity contribution >= 4 is 23.2 Å². The van der Waals surface area contributed by atoms with Crippen molar-refractivity contribution in [3.63, 3.8) is 0 Å². The molecule has 0 fully saturated rings. The molecule has 1 amide bonds. The Labute approximate surface area is 98.9 Å². The lowest BCUT2D eigenvalue weighted by molar-refractivity contribution is 0.0938. The molecular weight excluding hydrogens is 224 g/mol. The number of nitrogens with zero attached hydrogens (tertiary/aromatic N) is 1. The van der Waals surface area contributed by atoms with Gasteiger partial charge in [0.05, 0.1) is 0 Å². The molecule has 0 aliphatic rings. The first-order valence-corrected chi connectivity index (χ1v) is 5.01. The number of thiocarbonyl (C=S) groups is 1. The number of carbonyl (C=O) groups excluding carboxylic acids is 1. The topological polar surface area (TPSA) is 66.0 Å². The molecule has 0 saturated heterocycles. The van der Waals surface area contributed by atoms with E-state index in [9.17, 15) is 4.79 Å². The van der Waals surface area contributed by atoms with Gasteiger partial charge in [-0.1, -0.05) is 12.1 Å². The number of pyridine rings is 1. The van der Waals surface area contributed by atoms with E-state index < -0.39 is 0 Å². The Hall–Kier alpha value is -1.95. The van der Waals surface area contributed by atoms with Crippen LogP contribution < -0.4 is 16.2 Å². The van der Waals surface area contributed by atoms with Gasteiger partial charge in [-0.25, -0.2) is 0 Å². The first kappa shape index (κ1) is 12.1. The number of nitrogens with one attached hydrogen (secondary N) is 3. The molecule has 16 heavy (non-hydrogen) atoms.